The molecule has 1 fully saturated rings. The normalized spacial score (nSPS) is 15.3. The molecule has 0 aromatic carbocycles. The van der Waals surface area contributed by atoms with Gasteiger partial charge in [-0.25, -0.2) is 14.6 Å². The van der Waals surface area contributed by atoms with E-state index in [0.29, 0.717) is 44.3 Å². The molecule has 0 unspecified atom stereocenters. The number of nitrogens with zero attached hydrogens (tertiary/aromatic N) is 2. The molecule has 0 saturated carbocycles. The fraction of sp³-hybridized carbons (Fsp3) is 0.545. The number of aromatic nitrogens is 1. The van der Waals surface area contributed by atoms with E-state index in [2.05, 4.69) is 10.3 Å². The maximum absolute atomic E-state index is 11.7. The predicted octanol–water partition coefficient (Wildman–Crippen LogP) is 0.426. The maximum atomic E-state index is 11.7. The van der Waals surface area contributed by atoms with Crippen molar-refractivity contribution in [2.75, 3.05) is 32.8 Å². The highest BCUT2D eigenvalue weighted by molar-refractivity contribution is 7.09. The number of carboxylic acids is 1. The zero-order valence-electron chi connectivity index (χ0n) is 10.3. The summed E-state index contributed by atoms with van der Waals surface area (Å²) in [4.78, 5) is 28.1. The number of thiazole rings is 1. The van der Waals surface area contributed by atoms with Crippen LogP contribution in [0.1, 0.15) is 15.5 Å². The molecule has 2 amide bonds. The second-order valence-electron chi connectivity index (χ2n) is 4.01. The van der Waals surface area contributed by atoms with Crippen LogP contribution in [-0.2, 0) is 11.2 Å². The van der Waals surface area contributed by atoms with Crippen molar-refractivity contribution >= 4 is 23.3 Å². The summed E-state index contributed by atoms with van der Waals surface area (Å²) < 4.78 is 5.16. The van der Waals surface area contributed by atoms with E-state index >= 15 is 0 Å². The third-order valence-corrected chi connectivity index (χ3v) is 3.59. The molecule has 0 bridgehead atoms. The Balaban J connectivity index is 1.73. The van der Waals surface area contributed by atoms with Gasteiger partial charge in [-0.1, -0.05) is 0 Å². The molecule has 1 aliphatic rings. The molecule has 2 rings (SSSR count). The standard InChI is InChI=1S/C11H15N3O4S/c15-10(16)8-7-19-9(13-8)1-2-12-11(17)14-3-5-18-6-4-14/h7H,1-6H2,(H,12,17)(H,15,16). The Kier molecular flexibility index (Phi) is 4.69. The molecule has 0 atom stereocenters. The van der Waals surface area contributed by atoms with E-state index in [9.17, 15) is 9.59 Å². The third kappa shape index (κ3) is 3.90. The van der Waals surface area contributed by atoms with Crippen molar-refractivity contribution in [3.63, 3.8) is 0 Å². The quantitative estimate of drug-likeness (QED) is 0.837. The van der Waals surface area contributed by atoms with Gasteiger partial charge in [0.25, 0.3) is 0 Å². The van der Waals surface area contributed by atoms with Crippen molar-refractivity contribution in [2.24, 2.45) is 0 Å². The van der Waals surface area contributed by atoms with Crippen LogP contribution in [0.5, 0.6) is 0 Å². The van der Waals surface area contributed by atoms with Crippen molar-refractivity contribution in [3.05, 3.63) is 16.1 Å². The molecular weight excluding hydrogens is 270 g/mol. The van der Waals surface area contributed by atoms with E-state index in [1.54, 1.807) is 4.90 Å². The highest BCUT2D eigenvalue weighted by Crippen LogP contribution is 2.10. The Bertz CT molecular complexity index is 457. The SMILES string of the molecule is O=C(O)c1csc(CCNC(=O)N2CCOCC2)n1. The minimum Gasteiger partial charge on any atom is -0.476 e. The van der Waals surface area contributed by atoms with E-state index in [1.807, 2.05) is 0 Å². The summed E-state index contributed by atoms with van der Waals surface area (Å²) in [6.45, 7) is 2.80. The lowest BCUT2D eigenvalue weighted by Gasteiger charge is -2.26. The van der Waals surface area contributed by atoms with Gasteiger partial charge >= 0.3 is 12.0 Å². The van der Waals surface area contributed by atoms with Gasteiger partial charge in [-0.05, 0) is 0 Å². The van der Waals surface area contributed by atoms with Crippen LogP contribution in [0, 0.1) is 0 Å². The van der Waals surface area contributed by atoms with Crippen LogP contribution in [0.15, 0.2) is 5.38 Å². The first-order chi connectivity index (χ1) is 9.16. The Morgan fingerprint density at radius 2 is 2.21 bits per heavy atom. The van der Waals surface area contributed by atoms with Gasteiger partial charge in [-0.3, -0.25) is 0 Å². The number of carbonyl (C=O) groups is 2. The molecule has 7 nitrogen and oxygen atoms in total. The Morgan fingerprint density at radius 3 is 2.84 bits per heavy atom. The second kappa shape index (κ2) is 6.48. The minimum absolute atomic E-state index is 0.0551. The Labute approximate surface area is 114 Å². The number of rotatable bonds is 4. The molecule has 2 heterocycles. The van der Waals surface area contributed by atoms with Crippen LogP contribution in [0.25, 0.3) is 0 Å². The molecule has 104 valence electrons. The van der Waals surface area contributed by atoms with Gasteiger partial charge in [0.1, 0.15) is 0 Å². The van der Waals surface area contributed by atoms with Crippen LogP contribution in [-0.4, -0.2) is 59.8 Å². The summed E-state index contributed by atoms with van der Waals surface area (Å²) in [6.07, 6.45) is 0.536. The van der Waals surface area contributed by atoms with Crippen molar-refractivity contribution < 1.29 is 19.4 Å². The maximum Gasteiger partial charge on any atom is 0.355 e. The Hall–Kier alpha value is -1.67. The van der Waals surface area contributed by atoms with Gasteiger partial charge in [0.15, 0.2) is 5.69 Å². The number of carbonyl (C=O) groups excluding carboxylic acids is 1. The van der Waals surface area contributed by atoms with Crippen LogP contribution < -0.4 is 5.32 Å². The van der Waals surface area contributed by atoms with E-state index < -0.39 is 5.97 Å². The molecular formula is C11H15N3O4S. The summed E-state index contributed by atoms with van der Waals surface area (Å²) in [5.41, 5.74) is 0.0551. The number of aromatic carboxylic acids is 1. The van der Waals surface area contributed by atoms with Crippen molar-refractivity contribution in [3.8, 4) is 0 Å². The van der Waals surface area contributed by atoms with Gasteiger partial charge in [-0.2, -0.15) is 0 Å². The van der Waals surface area contributed by atoms with Crippen molar-refractivity contribution in [1.29, 1.82) is 0 Å². The summed E-state index contributed by atoms with van der Waals surface area (Å²) in [7, 11) is 0. The average molecular weight is 285 g/mol. The number of morpholine rings is 1. The number of urea groups is 1. The molecule has 0 aliphatic carbocycles. The van der Waals surface area contributed by atoms with Crippen LogP contribution >= 0.6 is 11.3 Å². The summed E-state index contributed by atoms with van der Waals surface area (Å²) >= 11 is 1.29. The van der Waals surface area contributed by atoms with Crippen molar-refractivity contribution in [1.82, 2.24) is 15.2 Å². The van der Waals surface area contributed by atoms with Gasteiger partial charge in [0, 0.05) is 31.4 Å². The monoisotopic (exact) mass is 285 g/mol. The molecule has 19 heavy (non-hydrogen) atoms. The largest absolute Gasteiger partial charge is 0.476 e. The molecule has 2 N–H and O–H groups in total. The second-order valence-corrected chi connectivity index (χ2v) is 4.96. The number of amides is 2. The van der Waals surface area contributed by atoms with E-state index in [-0.39, 0.29) is 11.7 Å². The van der Waals surface area contributed by atoms with Crippen LogP contribution in [0.4, 0.5) is 4.79 Å². The zero-order chi connectivity index (χ0) is 13.7. The predicted molar refractivity (Wildman–Crippen MR) is 68.6 cm³/mol. The summed E-state index contributed by atoms with van der Waals surface area (Å²) in [6, 6.07) is -0.113. The lowest BCUT2D eigenvalue weighted by molar-refractivity contribution is 0.0533. The van der Waals surface area contributed by atoms with E-state index in [0.717, 1.165) is 0 Å². The van der Waals surface area contributed by atoms with Gasteiger partial charge < -0.3 is 20.1 Å². The molecule has 8 heteroatoms. The first-order valence-electron chi connectivity index (χ1n) is 5.95. The highest BCUT2D eigenvalue weighted by atomic mass is 32.1. The fourth-order valence-electron chi connectivity index (χ4n) is 1.68. The third-order valence-electron chi connectivity index (χ3n) is 2.68. The van der Waals surface area contributed by atoms with Gasteiger partial charge in [-0.15, -0.1) is 11.3 Å². The van der Waals surface area contributed by atoms with E-state index in [4.69, 9.17) is 9.84 Å². The van der Waals surface area contributed by atoms with Gasteiger partial charge in [0.2, 0.25) is 0 Å². The van der Waals surface area contributed by atoms with E-state index in [1.165, 1.54) is 16.7 Å². The average Bonchev–Trinajstić information content (AvgIpc) is 2.89. The lowest BCUT2D eigenvalue weighted by atomic mass is 10.4. The first-order valence-corrected chi connectivity index (χ1v) is 6.83. The lowest BCUT2D eigenvalue weighted by Crippen LogP contribution is -2.46. The molecule has 1 saturated heterocycles. The fourth-order valence-corrected chi connectivity index (χ4v) is 2.45. The highest BCUT2D eigenvalue weighted by Gasteiger charge is 2.16. The number of nitrogens with one attached hydrogen (secondary N) is 1. The molecule has 1 aliphatic heterocycles. The van der Waals surface area contributed by atoms with Crippen LogP contribution in [0.2, 0.25) is 0 Å². The number of hydrogen-bond acceptors (Lipinski definition) is 5. The number of ether oxygens (including phenoxy) is 1. The number of carboxylic acid groups (broad SMARTS) is 1. The summed E-state index contributed by atoms with van der Waals surface area (Å²) in [5, 5.41) is 13.7. The topological polar surface area (TPSA) is 91.8 Å². The molecule has 1 aromatic rings. The summed E-state index contributed by atoms with van der Waals surface area (Å²) in [5.74, 6) is -1.03. The zero-order valence-corrected chi connectivity index (χ0v) is 11.1. The first kappa shape index (κ1) is 13.8. The smallest absolute Gasteiger partial charge is 0.355 e. The Morgan fingerprint density at radius 1 is 1.47 bits per heavy atom. The minimum atomic E-state index is -1.03. The molecule has 1 aromatic heterocycles. The molecule has 0 spiro atoms. The van der Waals surface area contributed by atoms with Crippen molar-refractivity contribution in [2.45, 2.75) is 6.42 Å². The molecule has 0 radical (unpaired) electrons. The van der Waals surface area contributed by atoms with Crippen LogP contribution in [0.3, 0.4) is 0 Å². The van der Waals surface area contributed by atoms with Gasteiger partial charge in [0.05, 0.1) is 18.2 Å². The number of hydrogen-bond donors (Lipinski definition) is 2.